The summed E-state index contributed by atoms with van der Waals surface area (Å²) in [6.45, 7) is 14.7. The third-order valence-corrected chi connectivity index (χ3v) is 5.16. The van der Waals surface area contributed by atoms with E-state index >= 15 is 0 Å². The number of ether oxygens (including phenoxy) is 2. The summed E-state index contributed by atoms with van der Waals surface area (Å²) in [6, 6.07) is 8.36. The second-order valence-corrected chi connectivity index (χ2v) is 8.11. The molecule has 3 nitrogen and oxygen atoms in total. The van der Waals surface area contributed by atoms with Crippen LogP contribution in [0.1, 0.15) is 57.6 Å². The standard InChI is InChI=1S/C25H37NO2/c1-6-13-26(19-23-17-25(18-23)28-20(2)3)14-12-21(4)24-11-7-9-22(16-24)10-8-15-27-5/h7,9,11,16,20,23,25H,4,6,12-15,17-19H2,1-3,5H3. The Morgan fingerprint density at radius 3 is 2.75 bits per heavy atom. The summed E-state index contributed by atoms with van der Waals surface area (Å²) in [4.78, 5) is 2.60. The molecule has 1 aromatic carbocycles. The lowest BCUT2D eigenvalue weighted by Gasteiger charge is -2.39. The van der Waals surface area contributed by atoms with E-state index < -0.39 is 0 Å². The van der Waals surface area contributed by atoms with Gasteiger partial charge in [-0.25, -0.2) is 0 Å². The van der Waals surface area contributed by atoms with E-state index in [9.17, 15) is 0 Å². The van der Waals surface area contributed by atoms with Crippen molar-refractivity contribution in [1.82, 2.24) is 4.90 Å². The van der Waals surface area contributed by atoms with Crippen LogP contribution < -0.4 is 0 Å². The van der Waals surface area contributed by atoms with E-state index in [4.69, 9.17) is 9.47 Å². The molecule has 1 saturated carbocycles. The van der Waals surface area contributed by atoms with E-state index in [-0.39, 0.29) is 0 Å². The Kier molecular flexibility index (Phi) is 9.78. The molecule has 1 fully saturated rings. The van der Waals surface area contributed by atoms with E-state index in [0.717, 1.165) is 31.0 Å². The molecule has 0 radical (unpaired) electrons. The second-order valence-electron chi connectivity index (χ2n) is 8.11. The summed E-state index contributed by atoms with van der Waals surface area (Å²) in [5, 5.41) is 0. The van der Waals surface area contributed by atoms with Crippen LogP contribution in [0.3, 0.4) is 0 Å². The second kappa shape index (κ2) is 12.1. The van der Waals surface area contributed by atoms with Crippen LogP contribution in [0.25, 0.3) is 5.57 Å². The Morgan fingerprint density at radius 1 is 1.29 bits per heavy atom. The number of hydrogen-bond donors (Lipinski definition) is 0. The highest BCUT2D eigenvalue weighted by atomic mass is 16.5. The van der Waals surface area contributed by atoms with Gasteiger partial charge in [0.1, 0.15) is 6.61 Å². The van der Waals surface area contributed by atoms with Crippen LogP contribution >= 0.6 is 0 Å². The first-order chi connectivity index (χ1) is 13.5. The maximum atomic E-state index is 5.91. The largest absolute Gasteiger partial charge is 0.376 e. The molecule has 0 bridgehead atoms. The van der Waals surface area contributed by atoms with E-state index in [1.807, 2.05) is 6.07 Å². The predicted molar refractivity (Wildman–Crippen MR) is 118 cm³/mol. The average molecular weight is 384 g/mol. The van der Waals surface area contributed by atoms with Crippen LogP contribution in [-0.4, -0.2) is 50.5 Å². The quantitative estimate of drug-likeness (QED) is 0.502. The molecule has 0 N–H and O–H groups in total. The van der Waals surface area contributed by atoms with E-state index in [0.29, 0.717) is 18.8 Å². The van der Waals surface area contributed by atoms with Crippen LogP contribution in [0.2, 0.25) is 0 Å². The van der Waals surface area contributed by atoms with Crippen LogP contribution in [-0.2, 0) is 9.47 Å². The molecule has 1 aliphatic rings. The van der Waals surface area contributed by atoms with Crippen LogP contribution in [0.4, 0.5) is 0 Å². The Labute approximate surface area is 172 Å². The van der Waals surface area contributed by atoms with Crippen LogP contribution in [0.15, 0.2) is 30.8 Å². The summed E-state index contributed by atoms with van der Waals surface area (Å²) < 4.78 is 10.9. The van der Waals surface area contributed by atoms with Crippen molar-refractivity contribution in [1.29, 1.82) is 0 Å². The minimum Gasteiger partial charge on any atom is -0.376 e. The SMILES string of the molecule is C=C(CCN(CCC)CC1CC(OC(C)C)C1)c1cccc(C#CCOC)c1. The van der Waals surface area contributed by atoms with Crippen molar-refractivity contribution in [2.75, 3.05) is 33.4 Å². The smallest absolute Gasteiger partial charge is 0.107 e. The molecular weight excluding hydrogens is 346 g/mol. The van der Waals surface area contributed by atoms with Gasteiger partial charge in [-0.2, -0.15) is 0 Å². The maximum Gasteiger partial charge on any atom is 0.107 e. The number of methoxy groups -OCH3 is 1. The zero-order chi connectivity index (χ0) is 20.4. The average Bonchev–Trinajstić information content (AvgIpc) is 2.64. The van der Waals surface area contributed by atoms with Gasteiger partial charge in [-0.15, -0.1) is 0 Å². The van der Waals surface area contributed by atoms with Gasteiger partial charge < -0.3 is 14.4 Å². The van der Waals surface area contributed by atoms with Gasteiger partial charge in [0.05, 0.1) is 12.2 Å². The molecular formula is C25H37NO2. The maximum absolute atomic E-state index is 5.91. The highest BCUT2D eigenvalue weighted by Crippen LogP contribution is 2.32. The third-order valence-electron chi connectivity index (χ3n) is 5.16. The first-order valence-corrected chi connectivity index (χ1v) is 10.7. The summed E-state index contributed by atoms with van der Waals surface area (Å²) >= 11 is 0. The molecule has 0 unspecified atom stereocenters. The topological polar surface area (TPSA) is 21.7 Å². The Bertz CT molecular complexity index is 665. The molecule has 1 aliphatic carbocycles. The molecule has 2 rings (SSSR count). The van der Waals surface area contributed by atoms with Crippen molar-refractivity contribution < 1.29 is 9.47 Å². The summed E-state index contributed by atoms with van der Waals surface area (Å²) in [6.07, 6.45) is 5.42. The molecule has 154 valence electrons. The Morgan fingerprint density at radius 2 is 2.07 bits per heavy atom. The zero-order valence-corrected chi connectivity index (χ0v) is 18.2. The van der Waals surface area contributed by atoms with Gasteiger partial charge in [0.15, 0.2) is 0 Å². The Balaban J connectivity index is 1.82. The van der Waals surface area contributed by atoms with Crippen molar-refractivity contribution in [2.45, 2.75) is 58.7 Å². The summed E-state index contributed by atoms with van der Waals surface area (Å²) in [7, 11) is 1.66. The van der Waals surface area contributed by atoms with Crippen molar-refractivity contribution >= 4 is 5.57 Å². The van der Waals surface area contributed by atoms with Gasteiger partial charge in [0.25, 0.3) is 0 Å². The highest BCUT2D eigenvalue weighted by Gasteiger charge is 2.31. The normalized spacial score (nSPS) is 18.6. The molecule has 3 heteroatoms. The number of hydrogen-bond acceptors (Lipinski definition) is 3. The van der Waals surface area contributed by atoms with Crippen LogP contribution in [0.5, 0.6) is 0 Å². The van der Waals surface area contributed by atoms with Crippen molar-refractivity contribution in [3.05, 3.63) is 42.0 Å². The number of benzene rings is 1. The molecule has 0 atom stereocenters. The molecule has 0 heterocycles. The first kappa shape index (κ1) is 22.7. The van der Waals surface area contributed by atoms with Gasteiger partial charge in [-0.05, 0) is 75.3 Å². The van der Waals surface area contributed by atoms with E-state index in [1.54, 1.807) is 7.11 Å². The fourth-order valence-corrected chi connectivity index (χ4v) is 3.76. The Hall–Kier alpha value is -1.60. The molecule has 0 spiro atoms. The summed E-state index contributed by atoms with van der Waals surface area (Å²) in [5.41, 5.74) is 3.40. The van der Waals surface area contributed by atoms with Gasteiger partial charge in [-0.3, -0.25) is 0 Å². The lowest BCUT2D eigenvalue weighted by molar-refractivity contribution is -0.0678. The minimum absolute atomic E-state index is 0.343. The van der Waals surface area contributed by atoms with Crippen molar-refractivity contribution in [3.63, 3.8) is 0 Å². The molecule has 0 saturated heterocycles. The van der Waals surface area contributed by atoms with E-state index in [2.05, 4.69) is 62.3 Å². The predicted octanol–water partition coefficient (Wildman–Crippen LogP) is 5.00. The summed E-state index contributed by atoms with van der Waals surface area (Å²) in [5.74, 6) is 6.94. The highest BCUT2D eigenvalue weighted by molar-refractivity contribution is 5.65. The third kappa shape index (κ3) is 7.80. The van der Waals surface area contributed by atoms with Gasteiger partial charge in [0, 0.05) is 25.8 Å². The van der Waals surface area contributed by atoms with Crippen molar-refractivity contribution in [3.8, 4) is 11.8 Å². The number of rotatable bonds is 11. The fourth-order valence-electron chi connectivity index (χ4n) is 3.76. The monoisotopic (exact) mass is 383 g/mol. The first-order valence-electron chi connectivity index (χ1n) is 10.7. The van der Waals surface area contributed by atoms with Gasteiger partial charge in [-0.1, -0.05) is 37.5 Å². The van der Waals surface area contributed by atoms with Gasteiger partial charge >= 0.3 is 0 Å². The minimum atomic E-state index is 0.343. The molecule has 28 heavy (non-hydrogen) atoms. The van der Waals surface area contributed by atoms with Gasteiger partial charge in [0.2, 0.25) is 0 Å². The zero-order valence-electron chi connectivity index (χ0n) is 18.2. The lowest BCUT2D eigenvalue weighted by atomic mass is 9.81. The van der Waals surface area contributed by atoms with Crippen LogP contribution in [0, 0.1) is 17.8 Å². The number of nitrogens with zero attached hydrogens (tertiary/aromatic N) is 1. The fraction of sp³-hybridized carbons (Fsp3) is 0.600. The lowest BCUT2D eigenvalue weighted by Crippen LogP contribution is -2.41. The molecule has 0 aromatic heterocycles. The molecule has 0 aliphatic heterocycles. The van der Waals surface area contributed by atoms with E-state index in [1.165, 1.54) is 36.9 Å². The molecule has 1 aromatic rings. The molecule has 0 amide bonds. The van der Waals surface area contributed by atoms with Crippen molar-refractivity contribution in [2.24, 2.45) is 5.92 Å².